The van der Waals surface area contributed by atoms with Gasteiger partial charge in [0, 0.05) is 11.7 Å². The van der Waals surface area contributed by atoms with Crippen LogP contribution >= 0.6 is 0 Å². The number of methoxy groups -OCH3 is 1. The van der Waals surface area contributed by atoms with Crippen molar-refractivity contribution < 1.29 is 14.3 Å². The molecule has 0 bridgehead atoms. The van der Waals surface area contributed by atoms with Gasteiger partial charge in [0.25, 0.3) is 0 Å². The quantitative estimate of drug-likeness (QED) is 0.721. The summed E-state index contributed by atoms with van der Waals surface area (Å²) in [4.78, 5) is 29.0. The number of rotatable bonds is 9. The van der Waals surface area contributed by atoms with Crippen LogP contribution in [0, 0.1) is 0 Å². The lowest BCUT2D eigenvalue weighted by Crippen LogP contribution is -2.45. The van der Waals surface area contributed by atoms with Crippen LogP contribution in [0.15, 0.2) is 54.6 Å². The van der Waals surface area contributed by atoms with E-state index in [-0.39, 0.29) is 30.9 Å². The number of benzene rings is 2. The molecule has 0 saturated heterocycles. The summed E-state index contributed by atoms with van der Waals surface area (Å²) in [6.45, 7) is 6.78. The van der Waals surface area contributed by atoms with E-state index in [1.165, 1.54) is 0 Å². The van der Waals surface area contributed by atoms with Crippen LogP contribution in [0.25, 0.3) is 0 Å². The summed E-state index contributed by atoms with van der Waals surface area (Å²) in [6.07, 6.45) is 0. The highest BCUT2D eigenvalue weighted by molar-refractivity contribution is 5.97. The molecule has 1 N–H and O–H groups in total. The molecule has 28 heavy (non-hydrogen) atoms. The van der Waals surface area contributed by atoms with Gasteiger partial charge < -0.3 is 15.0 Å². The SMILES string of the molecule is CCN(CC(=O)Nc1ccccc1OC)CC(=O)N(c1ccccc1)C(C)C. The van der Waals surface area contributed by atoms with Gasteiger partial charge in [0.15, 0.2) is 0 Å². The van der Waals surface area contributed by atoms with Gasteiger partial charge in [-0.15, -0.1) is 0 Å². The van der Waals surface area contributed by atoms with E-state index >= 15 is 0 Å². The Morgan fingerprint density at radius 3 is 2.25 bits per heavy atom. The smallest absolute Gasteiger partial charge is 0.241 e. The maximum Gasteiger partial charge on any atom is 0.241 e. The van der Waals surface area contributed by atoms with E-state index in [0.29, 0.717) is 18.0 Å². The van der Waals surface area contributed by atoms with Gasteiger partial charge in [-0.2, -0.15) is 0 Å². The molecule has 0 heterocycles. The average Bonchev–Trinajstić information content (AvgIpc) is 2.68. The number of nitrogens with zero attached hydrogens (tertiary/aromatic N) is 2. The maximum absolute atomic E-state index is 12.9. The number of hydrogen-bond donors (Lipinski definition) is 1. The highest BCUT2D eigenvalue weighted by atomic mass is 16.5. The Kier molecular flexibility index (Phi) is 8.02. The molecule has 0 spiro atoms. The van der Waals surface area contributed by atoms with Gasteiger partial charge in [0.05, 0.1) is 25.9 Å². The number of para-hydroxylation sites is 3. The topological polar surface area (TPSA) is 61.9 Å². The summed E-state index contributed by atoms with van der Waals surface area (Å²) in [6, 6.07) is 16.9. The van der Waals surface area contributed by atoms with Crippen molar-refractivity contribution in [2.75, 3.05) is 37.0 Å². The van der Waals surface area contributed by atoms with Gasteiger partial charge in [-0.1, -0.05) is 37.3 Å². The summed E-state index contributed by atoms with van der Waals surface area (Å²) in [5, 5.41) is 2.85. The highest BCUT2D eigenvalue weighted by Gasteiger charge is 2.22. The zero-order valence-corrected chi connectivity index (χ0v) is 17.0. The summed E-state index contributed by atoms with van der Waals surface area (Å²) >= 11 is 0. The summed E-state index contributed by atoms with van der Waals surface area (Å²) in [5.41, 5.74) is 1.47. The fourth-order valence-corrected chi connectivity index (χ4v) is 3.01. The van der Waals surface area contributed by atoms with Crippen molar-refractivity contribution in [3.05, 3.63) is 54.6 Å². The van der Waals surface area contributed by atoms with Crippen LogP contribution < -0.4 is 15.0 Å². The van der Waals surface area contributed by atoms with Gasteiger partial charge in [-0.25, -0.2) is 0 Å². The van der Waals surface area contributed by atoms with Gasteiger partial charge in [-0.3, -0.25) is 14.5 Å². The van der Waals surface area contributed by atoms with Gasteiger partial charge in [0.1, 0.15) is 5.75 Å². The molecule has 0 aliphatic heterocycles. The predicted molar refractivity (Wildman–Crippen MR) is 113 cm³/mol. The van der Waals surface area contributed by atoms with Gasteiger partial charge in [-0.05, 0) is 44.7 Å². The lowest BCUT2D eigenvalue weighted by atomic mass is 10.2. The van der Waals surface area contributed by atoms with Crippen LogP contribution in [0.4, 0.5) is 11.4 Å². The third-order valence-electron chi connectivity index (χ3n) is 4.37. The number of amides is 2. The fraction of sp³-hybridized carbons (Fsp3) is 0.364. The minimum atomic E-state index is -0.185. The molecular formula is C22H29N3O3. The molecule has 2 rings (SSSR count). The first-order valence-electron chi connectivity index (χ1n) is 9.48. The van der Waals surface area contributed by atoms with E-state index in [1.54, 1.807) is 24.1 Å². The number of ether oxygens (including phenoxy) is 1. The molecule has 6 heteroatoms. The van der Waals surface area contributed by atoms with Gasteiger partial charge >= 0.3 is 0 Å². The Bertz CT molecular complexity index is 778. The summed E-state index contributed by atoms with van der Waals surface area (Å²) in [7, 11) is 1.56. The van der Waals surface area contributed by atoms with E-state index in [2.05, 4.69) is 5.32 Å². The third-order valence-corrected chi connectivity index (χ3v) is 4.37. The van der Waals surface area contributed by atoms with E-state index in [0.717, 1.165) is 5.69 Å². The molecule has 0 saturated carbocycles. The Morgan fingerprint density at radius 1 is 1.00 bits per heavy atom. The average molecular weight is 383 g/mol. The van der Waals surface area contributed by atoms with Crippen LogP contribution in [0.1, 0.15) is 20.8 Å². The van der Waals surface area contributed by atoms with Crippen LogP contribution in [-0.4, -0.2) is 49.5 Å². The van der Waals surface area contributed by atoms with Crippen molar-refractivity contribution in [2.24, 2.45) is 0 Å². The predicted octanol–water partition coefficient (Wildman–Crippen LogP) is 3.40. The van der Waals surface area contributed by atoms with E-state index in [9.17, 15) is 9.59 Å². The van der Waals surface area contributed by atoms with E-state index in [4.69, 9.17) is 4.74 Å². The van der Waals surface area contributed by atoms with E-state index < -0.39 is 0 Å². The molecule has 2 aromatic rings. The van der Waals surface area contributed by atoms with Crippen molar-refractivity contribution in [3.8, 4) is 5.75 Å². The van der Waals surface area contributed by atoms with Crippen molar-refractivity contribution in [1.82, 2.24) is 4.90 Å². The second kappa shape index (κ2) is 10.5. The Hall–Kier alpha value is -2.86. The molecule has 0 atom stereocenters. The second-order valence-electron chi connectivity index (χ2n) is 6.74. The largest absolute Gasteiger partial charge is 0.495 e. The number of carbonyl (C=O) groups excluding carboxylic acids is 2. The molecule has 2 aromatic carbocycles. The fourth-order valence-electron chi connectivity index (χ4n) is 3.01. The van der Waals surface area contributed by atoms with Crippen molar-refractivity contribution in [2.45, 2.75) is 26.8 Å². The van der Waals surface area contributed by atoms with Crippen LogP contribution in [0.3, 0.4) is 0 Å². The van der Waals surface area contributed by atoms with E-state index in [1.807, 2.05) is 68.1 Å². The molecule has 150 valence electrons. The highest BCUT2D eigenvalue weighted by Crippen LogP contribution is 2.23. The number of anilines is 2. The lowest BCUT2D eigenvalue weighted by Gasteiger charge is -2.29. The molecule has 0 aliphatic carbocycles. The summed E-state index contributed by atoms with van der Waals surface area (Å²) in [5.74, 6) is 0.383. The Balaban J connectivity index is 2.02. The first-order chi connectivity index (χ1) is 13.5. The zero-order valence-electron chi connectivity index (χ0n) is 17.0. The normalized spacial score (nSPS) is 10.8. The molecule has 0 fully saturated rings. The first kappa shape index (κ1) is 21.4. The monoisotopic (exact) mass is 383 g/mol. The molecule has 2 amide bonds. The van der Waals surface area contributed by atoms with Crippen LogP contribution in [0.2, 0.25) is 0 Å². The van der Waals surface area contributed by atoms with Crippen LogP contribution in [0.5, 0.6) is 5.75 Å². The molecule has 0 aromatic heterocycles. The second-order valence-corrected chi connectivity index (χ2v) is 6.74. The number of likely N-dealkylation sites (N-methyl/N-ethyl adjacent to an activating group) is 1. The maximum atomic E-state index is 12.9. The minimum Gasteiger partial charge on any atom is -0.495 e. The van der Waals surface area contributed by atoms with Crippen molar-refractivity contribution >= 4 is 23.2 Å². The molecular weight excluding hydrogens is 354 g/mol. The first-order valence-corrected chi connectivity index (χ1v) is 9.48. The lowest BCUT2D eigenvalue weighted by molar-refractivity contribution is -0.121. The Labute approximate surface area is 167 Å². The van der Waals surface area contributed by atoms with Crippen molar-refractivity contribution in [3.63, 3.8) is 0 Å². The Morgan fingerprint density at radius 2 is 1.64 bits per heavy atom. The zero-order chi connectivity index (χ0) is 20.5. The van der Waals surface area contributed by atoms with Crippen LogP contribution in [-0.2, 0) is 9.59 Å². The van der Waals surface area contributed by atoms with Crippen molar-refractivity contribution in [1.29, 1.82) is 0 Å². The number of nitrogens with one attached hydrogen (secondary N) is 1. The minimum absolute atomic E-state index is 0.0241. The number of hydrogen-bond acceptors (Lipinski definition) is 4. The number of carbonyl (C=O) groups is 2. The molecule has 0 unspecified atom stereocenters. The third kappa shape index (κ3) is 5.82. The standard InChI is InChI=1S/C22H29N3O3/c1-5-24(15-21(26)23-19-13-9-10-14-20(19)28-4)16-22(27)25(17(2)3)18-11-7-6-8-12-18/h6-14,17H,5,15-16H2,1-4H3,(H,23,26). The molecule has 6 nitrogen and oxygen atoms in total. The summed E-state index contributed by atoms with van der Waals surface area (Å²) < 4.78 is 5.26. The van der Waals surface area contributed by atoms with Gasteiger partial charge in [0.2, 0.25) is 11.8 Å². The molecule has 0 aliphatic rings. The molecule has 0 radical (unpaired) electrons.